The molecule has 1 aromatic carbocycles. The second-order valence-corrected chi connectivity index (χ2v) is 5.12. The highest BCUT2D eigenvalue weighted by molar-refractivity contribution is 5.36. The molecule has 0 radical (unpaired) electrons. The molecule has 1 unspecified atom stereocenters. The maximum atomic E-state index is 12.5. The molecule has 1 heterocycles. The summed E-state index contributed by atoms with van der Waals surface area (Å²) in [6.45, 7) is -0.474. The standard InChI is InChI=1S/C15H22F2N2O/c16-15(17)20-14-8-4-3-7-12(14)13(11-18)19-9-5-1-2-6-10-19/h3-4,7-8,13,15H,1-2,5-6,9-11,18H2. The third-order valence-electron chi connectivity index (χ3n) is 3.80. The van der Waals surface area contributed by atoms with Gasteiger partial charge in [0.05, 0.1) is 6.04 Å². The fraction of sp³-hybridized carbons (Fsp3) is 0.600. The van der Waals surface area contributed by atoms with Crippen LogP contribution in [0.1, 0.15) is 37.3 Å². The molecule has 0 spiro atoms. The summed E-state index contributed by atoms with van der Waals surface area (Å²) in [5, 5.41) is 0. The van der Waals surface area contributed by atoms with E-state index in [1.807, 2.05) is 12.1 Å². The molecule has 1 fully saturated rings. The second-order valence-electron chi connectivity index (χ2n) is 5.12. The molecule has 0 aliphatic carbocycles. The van der Waals surface area contributed by atoms with E-state index in [1.165, 1.54) is 12.8 Å². The number of alkyl halides is 2. The predicted octanol–water partition coefficient (Wildman–Crippen LogP) is 3.16. The van der Waals surface area contributed by atoms with Gasteiger partial charge in [-0.1, -0.05) is 31.0 Å². The van der Waals surface area contributed by atoms with Crippen LogP contribution in [-0.2, 0) is 0 Å². The van der Waals surface area contributed by atoms with Gasteiger partial charge in [-0.15, -0.1) is 0 Å². The van der Waals surface area contributed by atoms with Crippen LogP contribution in [0.15, 0.2) is 24.3 Å². The van der Waals surface area contributed by atoms with Crippen LogP contribution in [-0.4, -0.2) is 31.1 Å². The van der Waals surface area contributed by atoms with Crippen molar-refractivity contribution in [3.05, 3.63) is 29.8 Å². The molecule has 0 aromatic heterocycles. The van der Waals surface area contributed by atoms with Crippen molar-refractivity contribution in [2.75, 3.05) is 19.6 Å². The van der Waals surface area contributed by atoms with Crippen molar-refractivity contribution in [2.24, 2.45) is 5.73 Å². The lowest BCUT2D eigenvalue weighted by Crippen LogP contribution is -2.34. The molecule has 0 bridgehead atoms. The summed E-state index contributed by atoms with van der Waals surface area (Å²) in [4.78, 5) is 2.29. The largest absolute Gasteiger partial charge is 0.434 e. The number of para-hydroxylation sites is 1. The molecule has 0 amide bonds. The Morgan fingerprint density at radius 1 is 1.10 bits per heavy atom. The van der Waals surface area contributed by atoms with Crippen molar-refractivity contribution in [2.45, 2.75) is 38.3 Å². The minimum Gasteiger partial charge on any atom is -0.434 e. The fourth-order valence-electron chi connectivity index (χ4n) is 2.84. The smallest absolute Gasteiger partial charge is 0.387 e. The van der Waals surface area contributed by atoms with Crippen molar-refractivity contribution in [3.8, 4) is 5.75 Å². The zero-order valence-electron chi connectivity index (χ0n) is 11.6. The minimum absolute atomic E-state index is 0.0527. The quantitative estimate of drug-likeness (QED) is 0.902. The normalized spacial score (nSPS) is 18.8. The minimum atomic E-state index is -2.81. The Morgan fingerprint density at radius 3 is 2.35 bits per heavy atom. The molecule has 112 valence electrons. The third-order valence-corrected chi connectivity index (χ3v) is 3.80. The summed E-state index contributed by atoms with van der Waals surface area (Å²) in [6, 6.07) is 6.91. The van der Waals surface area contributed by atoms with E-state index < -0.39 is 6.61 Å². The summed E-state index contributed by atoms with van der Waals surface area (Å²) in [5.41, 5.74) is 6.66. The molecular formula is C15H22F2N2O. The highest BCUT2D eigenvalue weighted by Crippen LogP contribution is 2.31. The van der Waals surface area contributed by atoms with Crippen LogP contribution >= 0.6 is 0 Å². The van der Waals surface area contributed by atoms with E-state index in [4.69, 9.17) is 5.73 Å². The lowest BCUT2D eigenvalue weighted by Gasteiger charge is -2.31. The fourth-order valence-corrected chi connectivity index (χ4v) is 2.84. The second kappa shape index (κ2) is 7.55. The Kier molecular flexibility index (Phi) is 5.73. The van der Waals surface area contributed by atoms with Gasteiger partial charge in [0.2, 0.25) is 0 Å². The molecule has 1 saturated heterocycles. The Hall–Kier alpha value is -1.20. The summed E-state index contributed by atoms with van der Waals surface area (Å²) in [5.74, 6) is 0.238. The van der Waals surface area contributed by atoms with Crippen molar-refractivity contribution in [1.82, 2.24) is 4.90 Å². The molecule has 2 rings (SSSR count). The van der Waals surface area contributed by atoms with Crippen LogP contribution in [0.3, 0.4) is 0 Å². The van der Waals surface area contributed by atoms with E-state index in [0.29, 0.717) is 6.54 Å². The lowest BCUT2D eigenvalue weighted by atomic mass is 10.0. The van der Waals surface area contributed by atoms with Gasteiger partial charge in [0, 0.05) is 12.1 Å². The first-order chi connectivity index (χ1) is 9.72. The molecular weight excluding hydrogens is 262 g/mol. The highest BCUT2D eigenvalue weighted by atomic mass is 19.3. The average molecular weight is 284 g/mol. The van der Waals surface area contributed by atoms with Gasteiger partial charge >= 0.3 is 6.61 Å². The Bertz CT molecular complexity index is 407. The van der Waals surface area contributed by atoms with E-state index in [-0.39, 0.29) is 11.8 Å². The van der Waals surface area contributed by atoms with Gasteiger partial charge in [-0.3, -0.25) is 4.90 Å². The van der Waals surface area contributed by atoms with E-state index in [2.05, 4.69) is 9.64 Å². The number of ether oxygens (including phenoxy) is 1. The number of hydrogen-bond donors (Lipinski definition) is 1. The number of rotatable bonds is 5. The lowest BCUT2D eigenvalue weighted by molar-refractivity contribution is -0.0511. The number of halogens is 2. The average Bonchev–Trinajstić information content (AvgIpc) is 2.70. The predicted molar refractivity (Wildman–Crippen MR) is 74.9 cm³/mol. The van der Waals surface area contributed by atoms with Gasteiger partial charge in [-0.05, 0) is 32.0 Å². The van der Waals surface area contributed by atoms with Gasteiger partial charge in [0.1, 0.15) is 5.75 Å². The molecule has 2 N–H and O–H groups in total. The van der Waals surface area contributed by atoms with Crippen molar-refractivity contribution in [3.63, 3.8) is 0 Å². The maximum absolute atomic E-state index is 12.5. The first kappa shape index (κ1) is 15.2. The first-order valence-electron chi connectivity index (χ1n) is 7.20. The van der Waals surface area contributed by atoms with Crippen LogP contribution in [0.2, 0.25) is 0 Å². The van der Waals surface area contributed by atoms with E-state index >= 15 is 0 Å². The van der Waals surface area contributed by atoms with Crippen molar-refractivity contribution in [1.29, 1.82) is 0 Å². The molecule has 20 heavy (non-hydrogen) atoms. The molecule has 3 nitrogen and oxygen atoms in total. The summed E-state index contributed by atoms with van der Waals surface area (Å²) in [6.07, 6.45) is 4.72. The van der Waals surface area contributed by atoms with Crippen LogP contribution < -0.4 is 10.5 Å². The SMILES string of the molecule is NCC(c1ccccc1OC(F)F)N1CCCCCC1. The molecule has 1 atom stereocenters. The monoisotopic (exact) mass is 284 g/mol. The number of likely N-dealkylation sites (tertiary alicyclic amines) is 1. The zero-order valence-corrected chi connectivity index (χ0v) is 11.6. The topological polar surface area (TPSA) is 38.5 Å². The summed E-state index contributed by atoms with van der Waals surface area (Å²) >= 11 is 0. The number of nitrogens with two attached hydrogens (primary N) is 1. The Labute approximate surface area is 118 Å². The van der Waals surface area contributed by atoms with Crippen molar-refractivity contribution < 1.29 is 13.5 Å². The molecule has 0 saturated carbocycles. The van der Waals surface area contributed by atoms with Crippen molar-refractivity contribution >= 4 is 0 Å². The number of benzene rings is 1. The Balaban J connectivity index is 2.21. The van der Waals surface area contributed by atoms with Crippen LogP contribution in [0, 0.1) is 0 Å². The molecule has 1 aromatic rings. The molecule has 5 heteroatoms. The molecule has 1 aliphatic heterocycles. The van der Waals surface area contributed by atoms with Crippen LogP contribution in [0.25, 0.3) is 0 Å². The van der Waals surface area contributed by atoms with Gasteiger partial charge in [0.25, 0.3) is 0 Å². The molecule has 1 aliphatic rings. The third kappa shape index (κ3) is 3.90. The van der Waals surface area contributed by atoms with E-state index in [1.54, 1.807) is 12.1 Å². The highest BCUT2D eigenvalue weighted by Gasteiger charge is 2.23. The van der Waals surface area contributed by atoms with Gasteiger partial charge < -0.3 is 10.5 Å². The summed E-state index contributed by atoms with van der Waals surface area (Å²) < 4.78 is 29.7. The van der Waals surface area contributed by atoms with Gasteiger partial charge in [-0.25, -0.2) is 0 Å². The number of hydrogen-bond acceptors (Lipinski definition) is 3. The van der Waals surface area contributed by atoms with E-state index in [0.717, 1.165) is 31.5 Å². The number of nitrogens with zero attached hydrogens (tertiary/aromatic N) is 1. The van der Waals surface area contributed by atoms with Gasteiger partial charge in [-0.2, -0.15) is 8.78 Å². The van der Waals surface area contributed by atoms with E-state index in [9.17, 15) is 8.78 Å². The zero-order chi connectivity index (χ0) is 14.4. The summed E-state index contributed by atoms with van der Waals surface area (Å²) in [7, 11) is 0. The van der Waals surface area contributed by atoms with Crippen LogP contribution in [0.5, 0.6) is 5.75 Å². The first-order valence-corrected chi connectivity index (χ1v) is 7.20. The Morgan fingerprint density at radius 2 is 1.75 bits per heavy atom. The van der Waals surface area contributed by atoms with Crippen LogP contribution in [0.4, 0.5) is 8.78 Å². The van der Waals surface area contributed by atoms with Gasteiger partial charge in [0.15, 0.2) is 0 Å². The maximum Gasteiger partial charge on any atom is 0.387 e.